The molecule has 1 aliphatic carbocycles. The first-order valence-corrected chi connectivity index (χ1v) is 11.4. The molecule has 33 heavy (non-hydrogen) atoms. The van der Waals surface area contributed by atoms with Crippen molar-refractivity contribution < 1.29 is 4.79 Å². The highest BCUT2D eigenvalue weighted by molar-refractivity contribution is 6.00. The van der Waals surface area contributed by atoms with Gasteiger partial charge in [0.2, 0.25) is 5.95 Å². The van der Waals surface area contributed by atoms with Crippen LogP contribution in [0.15, 0.2) is 78.0 Å². The van der Waals surface area contributed by atoms with Crippen molar-refractivity contribution in [3.63, 3.8) is 0 Å². The van der Waals surface area contributed by atoms with Gasteiger partial charge in [-0.1, -0.05) is 86.1 Å². The van der Waals surface area contributed by atoms with Crippen LogP contribution in [-0.2, 0) is 4.79 Å². The summed E-state index contributed by atoms with van der Waals surface area (Å²) in [5.41, 5.74) is 4.93. The van der Waals surface area contributed by atoms with Crippen molar-refractivity contribution in [1.82, 2.24) is 14.8 Å². The van der Waals surface area contributed by atoms with E-state index in [-0.39, 0.29) is 17.2 Å². The average Bonchev–Trinajstić information content (AvgIpc) is 3.20. The molecular weight excluding hydrogens is 408 g/mol. The van der Waals surface area contributed by atoms with Crippen molar-refractivity contribution in [2.75, 3.05) is 5.32 Å². The van der Waals surface area contributed by atoms with Crippen LogP contribution in [-0.4, -0.2) is 20.5 Å². The van der Waals surface area contributed by atoms with Crippen LogP contribution >= 0.6 is 0 Å². The van der Waals surface area contributed by atoms with Gasteiger partial charge in [0, 0.05) is 23.3 Å². The smallest absolute Gasteiger partial charge is 0.226 e. The van der Waals surface area contributed by atoms with Gasteiger partial charge in [0.1, 0.15) is 6.04 Å². The Morgan fingerprint density at radius 2 is 1.79 bits per heavy atom. The molecule has 2 aliphatic rings. The van der Waals surface area contributed by atoms with Gasteiger partial charge in [-0.25, -0.2) is 4.68 Å². The molecule has 0 bridgehead atoms. The highest BCUT2D eigenvalue weighted by Crippen LogP contribution is 2.46. The molecule has 5 heteroatoms. The molecule has 5 nitrogen and oxygen atoms in total. The molecule has 1 atom stereocenters. The molecule has 0 spiro atoms. The maximum Gasteiger partial charge on any atom is 0.226 e. The summed E-state index contributed by atoms with van der Waals surface area (Å²) < 4.78 is 1.90. The molecule has 0 radical (unpaired) electrons. The van der Waals surface area contributed by atoms with Crippen molar-refractivity contribution in [3.05, 3.63) is 89.1 Å². The van der Waals surface area contributed by atoms with Crippen molar-refractivity contribution in [2.45, 2.75) is 39.7 Å². The number of hydrogen-bond acceptors (Lipinski definition) is 4. The Hall–Kier alpha value is -3.73. The molecule has 6 rings (SSSR count). The molecule has 3 aromatic carbocycles. The maximum absolute atomic E-state index is 13.4. The minimum Gasteiger partial charge on any atom is -0.328 e. The number of anilines is 1. The number of carbonyl (C=O) groups excluding carboxylic acids is 1. The zero-order valence-electron chi connectivity index (χ0n) is 19.1. The van der Waals surface area contributed by atoms with Crippen LogP contribution in [0.3, 0.4) is 0 Å². The number of aromatic nitrogens is 3. The highest BCUT2D eigenvalue weighted by Gasteiger charge is 2.42. The second-order valence-electron chi connectivity index (χ2n) is 10.0. The number of nitrogens with zero attached hydrogens (tertiary/aromatic N) is 3. The fourth-order valence-electron chi connectivity index (χ4n) is 5.29. The summed E-state index contributed by atoms with van der Waals surface area (Å²) in [7, 11) is 0. The first kappa shape index (κ1) is 19.9. The number of hydrogen-bond donors (Lipinski definition) is 1. The summed E-state index contributed by atoms with van der Waals surface area (Å²) in [6.45, 7) is 6.38. The van der Waals surface area contributed by atoms with E-state index in [0.717, 1.165) is 45.2 Å². The number of allylic oxidation sites excluding steroid dienone is 2. The van der Waals surface area contributed by atoms with Crippen LogP contribution in [0.2, 0.25) is 0 Å². The van der Waals surface area contributed by atoms with E-state index in [4.69, 9.17) is 10.1 Å². The van der Waals surface area contributed by atoms with Crippen LogP contribution in [0.5, 0.6) is 0 Å². The number of ketones is 1. The minimum atomic E-state index is -0.282. The molecular formula is C28H26N4O. The van der Waals surface area contributed by atoms with Crippen molar-refractivity contribution >= 4 is 22.5 Å². The Kier molecular flexibility index (Phi) is 4.31. The Bertz CT molecular complexity index is 1450. The number of nitrogens with one attached hydrogen (secondary N) is 1. The Balaban J connectivity index is 1.56. The van der Waals surface area contributed by atoms with Crippen LogP contribution in [0.4, 0.5) is 5.95 Å². The van der Waals surface area contributed by atoms with E-state index in [1.807, 2.05) is 28.9 Å². The lowest BCUT2D eigenvalue weighted by atomic mass is 9.73. The minimum absolute atomic E-state index is 0.0826. The van der Waals surface area contributed by atoms with E-state index >= 15 is 0 Å². The summed E-state index contributed by atoms with van der Waals surface area (Å²) in [5.74, 6) is 1.54. The molecule has 4 aromatic rings. The third-order valence-electron chi connectivity index (χ3n) is 6.72. The van der Waals surface area contributed by atoms with Crippen LogP contribution in [0.1, 0.15) is 43.9 Å². The first-order chi connectivity index (χ1) is 15.9. The van der Waals surface area contributed by atoms with Crippen molar-refractivity contribution in [3.8, 4) is 11.4 Å². The Morgan fingerprint density at radius 3 is 2.64 bits per heavy atom. The highest BCUT2D eigenvalue weighted by atomic mass is 16.1. The van der Waals surface area contributed by atoms with Gasteiger partial charge in [-0.3, -0.25) is 4.79 Å². The average molecular weight is 435 g/mol. The van der Waals surface area contributed by atoms with Gasteiger partial charge in [0.15, 0.2) is 11.6 Å². The normalized spacial score (nSPS) is 19.2. The molecule has 1 aliphatic heterocycles. The van der Waals surface area contributed by atoms with Crippen LogP contribution < -0.4 is 5.32 Å². The lowest BCUT2D eigenvalue weighted by Crippen LogP contribution is -2.36. The van der Waals surface area contributed by atoms with Crippen molar-refractivity contribution in [1.29, 1.82) is 0 Å². The van der Waals surface area contributed by atoms with Gasteiger partial charge in [0.05, 0.1) is 0 Å². The zero-order valence-corrected chi connectivity index (χ0v) is 19.1. The summed E-state index contributed by atoms with van der Waals surface area (Å²) in [4.78, 5) is 18.3. The number of Topliss-reactive ketones (excluding diaryl/α,β-unsaturated/α-hetero) is 1. The standard InChI is InChI=1S/C28H26N4O/c1-17-8-6-11-19(14-17)25-24-22(15-28(2,3)16-23(24)33)29-27-30-26(31-32(25)27)21-13-7-10-18-9-4-5-12-20(18)21/h4-14,25H,15-16H2,1-3H3,(H,29,30,31). The molecule has 0 saturated carbocycles. The number of carbonyl (C=O) groups is 1. The van der Waals surface area contributed by atoms with Crippen LogP contribution in [0, 0.1) is 12.3 Å². The van der Waals surface area contributed by atoms with Crippen molar-refractivity contribution in [2.24, 2.45) is 5.41 Å². The van der Waals surface area contributed by atoms with Gasteiger partial charge >= 0.3 is 0 Å². The SMILES string of the molecule is Cc1cccc(C2C3=C(CC(C)(C)CC3=O)Nc3nc(-c4cccc5ccccc45)nn32)c1. The topological polar surface area (TPSA) is 59.8 Å². The fourth-order valence-corrected chi connectivity index (χ4v) is 5.29. The van der Waals surface area contributed by atoms with E-state index < -0.39 is 0 Å². The molecule has 1 N–H and O–H groups in total. The van der Waals surface area contributed by atoms with E-state index in [0.29, 0.717) is 18.2 Å². The monoisotopic (exact) mass is 434 g/mol. The van der Waals surface area contributed by atoms with E-state index in [9.17, 15) is 4.79 Å². The molecule has 0 fully saturated rings. The van der Waals surface area contributed by atoms with Gasteiger partial charge < -0.3 is 5.32 Å². The maximum atomic E-state index is 13.4. The van der Waals surface area contributed by atoms with E-state index in [1.54, 1.807) is 0 Å². The third-order valence-corrected chi connectivity index (χ3v) is 6.72. The lowest BCUT2D eigenvalue weighted by molar-refractivity contribution is -0.118. The second-order valence-corrected chi connectivity index (χ2v) is 10.0. The molecule has 2 heterocycles. The van der Waals surface area contributed by atoms with Gasteiger partial charge in [-0.15, -0.1) is 5.10 Å². The summed E-state index contributed by atoms with van der Waals surface area (Å²) in [6.07, 6.45) is 1.35. The Labute approximate surface area is 193 Å². The molecule has 0 amide bonds. The van der Waals surface area contributed by atoms with E-state index in [1.165, 1.54) is 0 Å². The fraction of sp³-hybridized carbons (Fsp3) is 0.250. The summed E-state index contributed by atoms with van der Waals surface area (Å²) in [5, 5.41) is 10.7. The number of fused-ring (bicyclic) bond motifs is 2. The third kappa shape index (κ3) is 3.27. The number of aryl methyl sites for hydroxylation is 1. The lowest BCUT2D eigenvalue weighted by Gasteiger charge is -2.38. The van der Waals surface area contributed by atoms with Gasteiger partial charge in [-0.05, 0) is 35.1 Å². The molecule has 1 unspecified atom stereocenters. The largest absolute Gasteiger partial charge is 0.328 e. The number of benzene rings is 3. The predicted molar refractivity (Wildman–Crippen MR) is 131 cm³/mol. The zero-order chi connectivity index (χ0) is 22.7. The summed E-state index contributed by atoms with van der Waals surface area (Å²) >= 11 is 0. The quantitative estimate of drug-likeness (QED) is 0.416. The number of rotatable bonds is 2. The van der Waals surface area contributed by atoms with Gasteiger partial charge in [0.25, 0.3) is 0 Å². The molecule has 164 valence electrons. The van der Waals surface area contributed by atoms with E-state index in [2.05, 4.69) is 68.6 Å². The molecule has 0 saturated heterocycles. The second kappa shape index (κ2) is 7.14. The Morgan fingerprint density at radius 1 is 1.00 bits per heavy atom. The van der Waals surface area contributed by atoms with Crippen LogP contribution in [0.25, 0.3) is 22.2 Å². The predicted octanol–water partition coefficient (Wildman–Crippen LogP) is 6.06. The summed E-state index contributed by atoms with van der Waals surface area (Å²) in [6, 6.07) is 22.6. The first-order valence-electron chi connectivity index (χ1n) is 11.4. The molecule has 1 aromatic heterocycles. The van der Waals surface area contributed by atoms with Gasteiger partial charge in [-0.2, -0.15) is 4.98 Å².